The van der Waals surface area contributed by atoms with E-state index >= 15 is 0 Å². The van der Waals surface area contributed by atoms with Gasteiger partial charge in [-0.05, 0) is 37.6 Å². The Morgan fingerprint density at radius 2 is 2.27 bits per heavy atom. The minimum atomic E-state index is 0.0136. The molecule has 116 valence electrons. The third kappa shape index (κ3) is 3.79. The Kier molecular flexibility index (Phi) is 4.98. The van der Waals surface area contributed by atoms with Gasteiger partial charge in [0.15, 0.2) is 0 Å². The highest BCUT2D eigenvalue weighted by Crippen LogP contribution is 2.31. The zero-order valence-corrected chi connectivity index (χ0v) is 14.1. The summed E-state index contributed by atoms with van der Waals surface area (Å²) >= 11 is 13.4. The van der Waals surface area contributed by atoms with Crippen molar-refractivity contribution >= 4 is 46.3 Å². The van der Waals surface area contributed by atoms with Crippen LogP contribution < -0.4 is 10.6 Å². The summed E-state index contributed by atoms with van der Waals surface area (Å²) in [6.45, 7) is 1.91. The van der Waals surface area contributed by atoms with Crippen LogP contribution in [0.15, 0.2) is 23.6 Å². The molecule has 0 bridgehead atoms. The van der Waals surface area contributed by atoms with E-state index in [2.05, 4.69) is 15.6 Å². The summed E-state index contributed by atoms with van der Waals surface area (Å²) in [6, 6.07) is 5.38. The maximum atomic E-state index is 12.0. The lowest BCUT2D eigenvalue weighted by atomic mass is 10.1. The van der Waals surface area contributed by atoms with Crippen molar-refractivity contribution in [1.29, 1.82) is 0 Å². The number of benzene rings is 1. The number of amides is 1. The molecule has 1 fully saturated rings. The van der Waals surface area contributed by atoms with Gasteiger partial charge in [-0.15, -0.1) is 11.3 Å². The number of hydrogen-bond donors (Lipinski definition) is 2. The summed E-state index contributed by atoms with van der Waals surface area (Å²) in [5.74, 6) is 1.02. The third-order valence-corrected chi connectivity index (χ3v) is 5.21. The molecule has 22 heavy (non-hydrogen) atoms. The number of halogens is 2. The van der Waals surface area contributed by atoms with Crippen LogP contribution in [0.2, 0.25) is 10.0 Å². The van der Waals surface area contributed by atoms with Gasteiger partial charge in [0.05, 0.1) is 10.0 Å². The van der Waals surface area contributed by atoms with E-state index in [1.54, 1.807) is 12.1 Å². The number of nitrogens with zero attached hydrogens (tertiary/aromatic N) is 1. The normalized spacial score (nSPS) is 17.6. The number of thiazole rings is 1. The van der Waals surface area contributed by atoms with Crippen molar-refractivity contribution < 1.29 is 4.79 Å². The van der Waals surface area contributed by atoms with Gasteiger partial charge in [-0.2, -0.15) is 0 Å². The molecule has 1 aromatic carbocycles. The van der Waals surface area contributed by atoms with Crippen LogP contribution in [0.4, 0.5) is 5.82 Å². The molecule has 1 aliphatic heterocycles. The van der Waals surface area contributed by atoms with Crippen LogP contribution in [-0.4, -0.2) is 24.0 Å². The van der Waals surface area contributed by atoms with Crippen molar-refractivity contribution in [3.63, 3.8) is 0 Å². The highest BCUT2D eigenvalue weighted by Gasteiger charge is 2.18. The van der Waals surface area contributed by atoms with Gasteiger partial charge in [0, 0.05) is 17.4 Å². The van der Waals surface area contributed by atoms with E-state index < -0.39 is 0 Å². The number of hydrogen-bond acceptors (Lipinski definition) is 4. The number of nitrogens with one attached hydrogen (secondary N) is 2. The summed E-state index contributed by atoms with van der Waals surface area (Å²) in [5.41, 5.74) is 0.889. The van der Waals surface area contributed by atoms with Crippen LogP contribution >= 0.6 is 34.5 Å². The van der Waals surface area contributed by atoms with E-state index in [0.717, 1.165) is 30.1 Å². The molecular formula is C15H15Cl2N3OS. The Morgan fingerprint density at radius 3 is 3.00 bits per heavy atom. The van der Waals surface area contributed by atoms with E-state index in [-0.39, 0.29) is 5.91 Å². The number of carbonyl (C=O) groups is 1. The van der Waals surface area contributed by atoms with Gasteiger partial charge in [0.1, 0.15) is 10.8 Å². The van der Waals surface area contributed by atoms with Crippen LogP contribution in [0.5, 0.6) is 0 Å². The summed E-state index contributed by atoms with van der Waals surface area (Å²) in [7, 11) is 0. The third-order valence-electron chi connectivity index (χ3n) is 3.57. The van der Waals surface area contributed by atoms with Gasteiger partial charge in [0.2, 0.25) is 5.91 Å². The van der Waals surface area contributed by atoms with E-state index in [4.69, 9.17) is 23.2 Å². The molecule has 2 aromatic rings. The van der Waals surface area contributed by atoms with E-state index in [0.29, 0.717) is 28.2 Å². The van der Waals surface area contributed by atoms with Gasteiger partial charge >= 0.3 is 0 Å². The molecule has 2 heterocycles. The Morgan fingerprint density at radius 1 is 1.41 bits per heavy atom. The Hall–Kier alpha value is -1.14. The quantitative estimate of drug-likeness (QED) is 0.869. The van der Waals surface area contributed by atoms with Gasteiger partial charge in [-0.3, -0.25) is 4.79 Å². The first-order valence-electron chi connectivity index (χ1n) is 7.03. The lowest BCUT2D eigenvalue weighted by Crippen LogP contribution is -2.18. The monoisotopic (exact) mass is 355 g/mol. The smallest absolute Gasteiger partial charge is 0.225 e. The molecule has 4 nitrogen and oxygen atoms in total. The van der Waals surface area contributed by atoms with Crippen molar-refractivity contribution in [1.82, 2.24) is 10.3 Å². The van der Waals surface area contributed by atoms with Crippen LogP contribution in [0.25, 0.3) is 10.6 Å². The van der Waals surface area contributed by atoms with Crippen molar-refractivity contribution in [3.8, 4) is 10.6 Å². The molecule has 1 amide bonds. The van der Waals surface area contributed by atoms with Crippen molar-refractivity contribution in [3.05, 3.63) is 33.6 Å². The molecule has 0 radical (unpaired) electrons. The van der Waals surface area contributed by atoms with E-state index in [1.165, 1.54) is 11.3 Å². The average Bonchev–Trinajstić information content (AvgIpc) is 3.13. The first-order valence-corrected chi connectivity index (χ1v) is 8.67. The molecule has 1 atom stereocenters. The second-order valence-corrected chi connectivity index (χ2v) is 6.95. The topological polar surface area (TPSA) is 54.0 Å². The Balaban J connectivity index is 1.65. The van der Waals surface area contributed by atoms with Gasteiger partial charge in [0.25, 0.3) is 0 Å². The molecule has 1 aromatic heterocycles. The first kappa shape index (κ1) is 15.7. The molecular weight excluding hydrogens is 341 g/mol. The van der Waals surface area contributed by atoms with E-state index in [1.807, 2.05) is 11.4 Å². The number of aromatic nitrogens is 1. The fraction of sp³-hybridized carbons (Fsp3) is 0.333. The minimum absolute atomic E-state index is 0.0136. The predicted molar refractivity (Wildman–Crippen MR) is 91.8 cm³/mol. The Labute approximate surface area is 142 Å². The molecule has 0 aliphatic carbocycles. The number of anilines is 1. The molecule has 0 saturated carbocycles. The van der Waals surface area contributed by atoms with Crippen LogP contribution in [0, 0.1) is 5.92 Å². The summed E-state index contributed by atoms with van der Waals surface area (Å²) in [6.07, 6.45) is 1.59. The maximum absolute atomic E-state index is 12.0. The molecule has 7 heteroatoms. The van der Waals surface area contributed by atoms with Gasteiger partial charge in [-0.1, -0.05) is 29.3 Å². The second-order valence-electron chi connectivity index (χ2n) is 5.28. The van der Waals surface area contributed by atoms with Crippen LogP contribution in [0.3, 0.4) is 0 Å². The maximum Gasteiger partial charge on any atom is 0.225 e. The minimum Gasteiger partial charge on any atom is -0.316 e. The highest BCUT2D eigenvalue weighted by atomic mass is 35.5. The largest absolute Gasteiger partial charge is 0.316 e. The highest BCUT2D eigenvalue weighted by molar-refractivity contribution is 7.13. The molecule has 1 unspecified atom stereocenters. The summed E-state index contributed by atoms with van der Waals surface area (Å²) < 4.78 is 0. The van der Waals surface area contributed by atoms with Crippen molar-refractivity contribution in [2.45, 2.75) is 12.8 Å². The van der Waals surface area contributed by atoms with Crippen LogP contribution in [0.1, 0.15) is 12.8 Å². The predicted octanol–water partition coefficient (Wildman–Crippen LogP) is 4.06. The van der Waals surface area contributed by atoms with Gasteiger partial charge in [-0.25, -0.2) is 4.98 Å². The Bertz CT molecular complexity index is 683. The summed E-state index contributed by atoms with van der Waals surface area (Å²) in [4.78, 5) is 16.4. The number of rotatable bonds is 4. The van der Waals surface area contributed by atoms with Gasteiger partial charge < -0.3 is 10.6 Å². The first-order chi connectivity index (χ1) is 10.6. The van der Waals surface area contributed by atoms with Crippen LogP contribution in [-0.2, 0) is 4.79 Å². The SMILES string of the molecule is O=C(CC1CCNC1)Nc1csc(-c2ccc(Cl)c(Cl)c2)n1. The molecule has 2 N–H and O–H groups in total. The lowest BCUT2D eigenvalue weighted by Gasteiger charge is -2.07. The molecule has 1 saturated heterocycles. The lowest BCUT2D eigenvalue weighted by molar-refractivity contribution is -0.117. The fourth-order valence-electron chi connectivity index (χ4n) is 2.44. The molecule has 3 rings (SSSR count). The molecule has 0 spiro atoms. The average molecular weight is 356 g/mol. The zero-order valence-electron chi connectivity index (χ0n) is 11.7. The zero-order chi connectivity index (χ0) is 15.5. The van der Waals surface area contributed by atoms with Crippen molar-refractivity contribution in [2.24, 2.45) is 5.92 Å². The summed E-state index contributed by atoms with van der Waals surface area (Å²) in [5, 5.41) is 9.77. The molecule has 1 aliphatic rings. The van der Waals surface area contributed by atoms with E-state index in [9.17, 15) is 4.79 Å². The number of carbonyl (C=O) groups excluding carboxylic acids is 1. The second kappa shape index (κ2) is 6.96. The fourth-order valence-corrected chi connectivity index (χ4v) is 3.48. The standard InChI is InChI=1S/C15H15Cl2N3OS/c16-11-2-1-10(6-12(11)17)15-20-13(8-22-15)19-14(21)5-9-3-4-18-7-9/h1-2,6,8-9,18H,3-5,7H2,(H,19,21). The van der Waals surface area contributed by atoms with Crippen molar-refractivity contribution in [2.75, 3.05) is 18.4 Å².